The maximum atomic E-state index is 13.0. The zero-order chi connectivity index (χ0) is 24.9. The molecule has 0 atom stereocenters. The van der Waals surface area contributed by atoms with Crippen LogP contribution >= 0.6 is 11.8 Å². The van der Waals surface area contributed by atoms with Gasteiger partial charge in [-0.25, -0.2) is 4.79 Å². The van der Waals surface area contributed by atoms with E-state index in [1.54, 1.807) is 11.8 Å². The van der Waals surface area contributed by atoms with E-state index in [4.69, 9.17) is 4.74 Å². The van der Waals surface area contributed by atoms with E-state index >= 15 is 0 Å². The van der Waals surface area contributed by atoms with E-state index in [1.807, 2.05) is 78.6 Å². The van der Waals surface area contributed by atoms with Gasteiger partial charge in [0.25, 0.3) is 0 Å². The van der Waals surface area contributed by atoms with Gasteiger partial charge in [-0.2, -0.15) is 0 Å². The maximum Gasteiger partial charge on any atom is 0.321 e. The molecule has 184 valence electrons. The molecule has 0 fully saturated rings. The molecule has 0 aliphatic carbocycles. The highest BCUT2D eigenvalue weighted by molar-refractivity contribution is 7.99. The summed E-state index contributed by atoms with van der Waals surface area (Å²) in [7, 11) is 0. The Balaban J connectivity index is 1.61. The zero-order valence-electron chi connectivity index (χ0n) is 20.5. The van der Waals surface area contributed by atoms with E-state index < -0.39 is 0 Å². The van der Waals surface area contributed by atoms with Crippen LogP contribution in [-0.4, -0.2) is 31.7 Å². The number of urea groups is 1. The van der Waals surface area contributed by atoms with Crippen LogP contribution in [0.4, 0.5) is 10.5 Å². The lowest BCUT2D eigenvalue weighted by Crippen LogP contribution is -2.41. The first kappa shape index (κ1) is 26.4. The highest BCUT2D eigenvalue weighted by Gasteiger charge is 2.15. The van der Waals surface area contributed by atoms with Crippen LogP contribution in [0.15, 0.2) is 88.7 Å². The number of hydrogen-bond acceptors (Lipinski definition) is 4. The van der Waals surface area contributed by atoms with Gasteiger partial charge < -0.3 is 10.1 Å². The average Bonchev–Trinajstić information content (AvgIpc) is 2.86. The second kappa shape index (κ2) is 14.2. The lowest BCUT2D eigenvalue weighted by atomic mass is 10.1. The van der Waals surface area contributed by atoms with E-state index in [0.29, 0.717) is 19.7 Å². The molecule has 6 heteroatoms. The van der Waals surface area contributed by atoms with Crippen LogP contribution in [0.5, 0.6) is 0 Å². The van der Waals surface area contributed by atoms with Gasteiger partial charge in [-0.05, 0) is 67.3 Å². The fraction of sp³-hybridized carbons (Fsp3) is 0.310. The Morgan fingerprint density at radius 3 is 2.34 bits per heavy atom. The van der Waals surface area contributed by atoms with Crippen LogP contribution < -0.4 is 10.2 Å². The summed E-state index contributed by atoms with van der Waals surface area (Å²) in [5.74, 6) is -0.215. The summed E-state index contributed by atoms with van der Waals surface area (Å²) >= 11 is 1.63. The van der Waals surface area contributed by atoms with Crippen LogP contribution in [0.1, 0.15) is 37.8 Å². The normalized spacial score (nSPS) is 10.6. The number of esters is 1. The molecule has 3 rings (SSSR count). The van der Waals surface area contributed by atoms with Gasteiger partial charge in [0, 0.05) is 28.6 Å². The molecule has 0 radical (unpaired) electrons. The first-order chi connectivity index (χ1) is 17.1. The fourth-order valence-electron chi connectivity index (χ4n) is 3.65. The Bertz CT molecular complexity index is 1070. The highest BCUT2D eigenvalue weighted by atomic mass is 32.2. The number of ether oxygens (including phenoxy) is 1. The predicted molar refractivity (Wildman–Crippen MR) is 143 cm³/mol. The van der Waals surface area contributed by atoms with Gasteiger partial charge in [-0.3, -0.25) is 9.69 Å². The van der Waals surface area contributed by atoms with Crippen molar-refractivity contribution in [2.24, 2.45) is 0 Å². The number of anilines is 1. The molecule has 0 aliphatic rings. The standard InChI is InChI=1S/C29H34N2O3S/c1-3-5-20-31(29(33)30-19-18-23-10-7-6-8-11-23)25-14-16-26(17-15-25)35-27-13-9-12-24(21-27)22-28(32)34-4-2/h6-17,21H,3-5,18-20,22H2,1-2H3,(H,30,33). The van der Waals surface area contributed by atoms with Gasteiger partial charge in [0.05, 0.1) is 13.0 Å². The smallest absolute Gasteiger partial charge is 0.321 e. The number of carbonyl (C=O) groups excluding carboxylic acids is 2. The number of hydrogen-bond donors (Lipinski definition) is 1. The van der Waals surface area contributed by atoms with Gasteiger partial charge in [-0.15, -0.1) is 0 Å². The minimum absolute atomic E-state index is 0.0681. The largest absolute Gasteiger partial charge is 0.466 e. The van der Waals surface area contributed by atoms with Crippen molar-refractivity contribution >= 4 is 29.4 Å². The second-order valence-electron chi connectivity index (χ2n) is 8.20. The Hall–Kier alpha value is -3.25. The molecule has 5 nitrogen and oxygen atoms in total. The molecular formula is C29H34N2O3S. The van der Waals surface area contributed by atoms with Crippen molar-refractivity contribution in [1.29, 1.82) is 0 Å². The van der Waals surface area contributed by atoms with E-state index in [0.717, 1.165) is 40.3 Å². The number of nitrogens with one attached hydrogen (secondary N) is 1. The van der Waals surface area contributed by atoms with Gasteiger partial charge in [0.2, 0.25) is 0 Å². The summed E-state index contributed by atoms with van der Waals surface area (Å²) in [4.78, 5) is 28.7. The second-order valence-corrected chi connectivity index (χ2v) is 9.34. The molecule has 0 saturated heterocycles. The first-order valence-electron chi connectivity index (χ1n) is 12.2. The summed E-state index contributed by atoms with van der Waals surface area (Å²) in [6.45, 7) is 5.60. The van der Waals surface area contributed by atoms with Crippen LogP contribution in [0, 0.1) is 0 Å². The molecule has 0 unspecified atom stereocenters. The summed E-state index contributed by atoms with van der Waals surface area (Å²) in [6, 6.07) is 26.1. The lowest BCUT2D eigenvalue weighted by molar-refractivity contribution is -0.142. The number of rotatable bonds is 12. The van der Waals surface area contributed by atoms with Crippen molar-refractivity contribution in [1.82, 2.24) is 5.32 Å². The number of carbonyl (C=O) groups is 2. The van der Waals surface area contributed by atoms with E-state index in [-0.39, 0.29) is 18.4 Å². The fourth-order valence-corrected chi connectivity index (χ4v) is 4.55. The van der Waals surface area contributed by atoms with Gasteiger partial charge in [0.1, 0.15) is 0 Å². The molecule has 0 bridgehead atoms. The summed E-state index contributed by atoms with van der Waals surface area (Å²) < 4.78 is 5.05. The van der Waals surface area contributed by atoms with Crippen LogP contribution in [0.3, 0.4) is 0 Å². The Morgan fingerprint density at radius 2 is 1.63 bits per heavy atom. The van der Waals surface area contributed by atoms with E-state index in [9.17, 15) is 9.59 Å². The molecule has 0 aromatic heterocycles. The summed E-state index contributed by atoms with van der Waals surface area (Å²) in [5.41, 5.74) is 3.03. The van der Waals surface area contributed by atoms with Crippen LogP contribution in [-0.2, 0) is 22.4 Å². The van der Waals surface area contributed by atoms with Gasteiger partial charge in [0.15, 0.2) is 0 Å². The van der Waals surface area contributed by atoms with Crippen molar-refractivity contribution in [2.45, 2.75) is 49.3 Å². The van der Waals surface area contributed by atoms with Crippen molar-refractivity contribution in [3.8, 4) is 0 Å². The molecule has 2 amide bonds. The topological polar surface area (TPSA) is 58.6 Å². The third kappa shape index (κ3) is 8.80. The molecule has 35 heavy (non-hydrogen) atoms. The third-order valence-corrected chi connectivity index (χ3v) is 6.45. The van der Waals surface area contributed by atoms with Gasteiger partial charge in [-0.1, -0.05) is 67.6 Å². The minimum Gasteiger partial charge on any atom is -0.466 e. The average molecular weight is 491 g/mol. The molecule has 1 N–H and O–H groups in total. The van der Waals surface area contributed by atoms with Gasteiger partial charge >= 0.3 is 12.0 Å². The zero-order valence-corrected chi connectivity index (χ0v) is 21.4. The molecule has 0 saturated carbocycles. The highest BCUT2D eigenvalue weighted by Crippen LogP contribution is 2.30. The van der Waals surface area contributed by atoms with Crippen molar-refractivity contribution in [3.05, 3.63) is 90.0 Å². The van der Waals surface area contributed by atoms with Crippen LogP contribution in [0.25, 0.3) is 0 Å². The Labute approximate surface area is 212 Å². The molecule has 0 spiro atoms. The van der Waals surface area contributed by atoms with E-state index in [1.165, 1.54) is 5.56 Å². The Morgan fingerprint density at radius 1 is 0.886 bits per heavy atom. The molecule has 3 aromatic carbocycles. The predicted octanol–water partition coefficient (Wildman–Crippen LogP) is 6.50. The SMILES string of the molecule is CCCCN(C(=O)NCCc1ccccc1)c1ccc(Sc2cccc(CC(=O)OCC)c2)cc1. The maximum absolute atomic E-state index is 13.0. The molecular weight excluding hydrogens is 456 g/mol. The number of nitrogens with zero attached hydrogens (tertiary/aromatic N) is 1. The van der Waals surface area contributed by atoms with Crippen molar-refractivity contribution in [3.63, 3.8) is 0 Å². The molecule has 0 heterocycles. The third-order valence-electron chi connectivity index (χ3n) is 5.45. The van der Waals surface area contributed by atoms with Crippen molar-refractivity contribution in [2.75, 3.05) is 24.6 Å². The number of benzene rings is 3. The number of amides is 2. The van der Waals surface area contributed by atoms with E-state index in [2.05, 4.69) is 24.4 Å². The minimum atomic E-state index is -0.215. The molecule has 3 aromatic rings. The summed E-state index contributed by atoms with van der Waals surface area (Å²) in [5, 5.41) is 3.07. The lowest BCUT2D eigenvalue weighted by Gasteiger charge is -2.23. The summed E-state index contributed by atoms with van der Waals surface area (Å²) in [6.07, 6.45) is 3.03. The van der Waals surface area contributed by atoms with Crippen molar-refractivity contribution < 1.29 is 14.3 Å². The Kier molecular flexibility index (Phi) is 10.7. The number of unbranched alkanes of at least 4 members (excludes halogenated alkanes) is 1. The monoisotopic (exact) mass is 490 g/mol. The quantitative estimate of drug-likeness (QED) is 0.294. The molecule has 0 aliphatic heterocycles. The first-order valence-corrected chi connectivity index (χ1v) is 13.0. The van der Waals surface area contributed by atoms with Crippen LogP contribution in [0.2, 0.25) is 0 Å².